The molecular formula is C33H31FN4O2. The van der Waals surface area contributed by atoms with E-state index in [4.69, 9.17) is 4.99 Å². The van der Waals surface area contributed by atoms with Gasteiger partial charge in [-0.1, -0.05) is 66.7 Å². The van der Waals surface area contributed by atoms with E-state index < -0.39 is 5.82 Å². The van der Waals surface area contributed by atoms with E-state index in [1.807, 2.05) is 93.0 Å². The third-order valence-corrected chi connectivity index (χ3v) is 6.58. The van der Waals surface area contributed by atoms with E-state index >= 15 is 0 Å². The van der Waals surface area contributed by atoms with Crippen LogP contribution in [0.4, 0.5) is 10.1 Å². The number of nitrogens with zero attached hydrogens (tertiary/aromatic N) is 2. The van der Waals surface area contributed by atoms with Gasteiger partial charge in [0.1, 0.15) is 5.82 Å². The third kappa shape index (κ3) is 6.45. The number of hydrogen-bond donors (Lipinski definition) is 3. The minimum Gasteiger partial charge on any atom is -0.494 e. The van der Waals surface area contributed by atoms with Crippen molar-refractivity contribution in [2.45, 2.75) is 19.5 Å². The van der Waals surface area contributed by atoms with Crippen LogP contribution in [0.2, 0.25) is 0 Å². The van der Waals surface area contributed by atoms with Gasteiger partial charge in [-0.3, -0.25) is 4.79 Å². The first-order valence-corrected chi connectivity index (χ1v) is 13.1. The van der Waals surface area contributed by atoms with Crippen molar-refractivity contribution < 1.29 is 14.3 Å². The lowest BCUT2D eigenvalue weighted by molar-refractivity contribution is -0.120. The second kappa shape index (κ2) is 12.0. The molecule has 0 saturated carbocycles. The molecule has 1 aromatic heterocycles. The van der Waals surface area contributed by atoms with Gasteiger partial charge in [-0.15, -0.1) is 0 Å². The average molecular weight is 535 g/mol. The van der Waals surface area contributed by atoms with Crippen LogP contribution in [-0.2, 0) is 24.3 Å². The van der Waals surface area contributed by atoms with Gasteiger partial charge in [-0.05, 0) is 61.1 Å². The lowest BCUT2D eigenvalue weighted by atomic mass is 9.99. The number of fused-ring (bicyclic) bond motifs is 1. The standard InChI is InChI=1S/C33H31FN4O2/c1-38(2)21-24-10-15-27(16-11-24)36-32(31-28-17-14-26(34)19-29(28)37-33(31)40)25-12-8-23(9-13-25)20-35-30(39)18-22-6-4-3-5-7-22/h3-17,19,37,40H,18,20-21H2,1-2H3,(H,35,39). The van der Waals surface area contributed by atoms with Gasteiger partial charge in [-0.25, -0.2) is 9.38 Å². The van der Waals surface area contributed by atoms with Crippen LogP contribution in [0.5, 0.6) is 5.88 Å². The summed E-state index contributed by atoms with van der Waals surface area (Å²) >= 11 is 0. The lowest BCUT2D eigenvalue weighted by Crippen LogP contribution is -2.24. The Balaban J connectivity index is 1.44. The summed E-state index contributed by atoms with van der Waals surface area (Å²) in [6, 6.07) is 29.6. The zero-order valence-electron chi connectivity index (χ0n) is 22.5. The van der Waals surface area contributed by atoms with E-state index in [1.54, 1.807) is 6.07 Å². The number of benzene rings is 4. The molecule has 40 heavy (non-hydrogen) atoms. The van der Waals surface area contributed by atoms with Crippen molar-refractivity contribution in [1.29, 1.82) is 0 Å². The second-order valence-corrected chi connectivity index (χ2v) is 10.0. The van der Waals surface area contributed by atoms with Crippen LogP contribution in [0.1, 0.15) is 27.8 Å². The van der Waals surface area contributed by atoms with Crippen LogP contribution >= 0.6 is 0 Å². The van der Waals surface area contributed by atoms with Gasteiger partial charge in [0, 0.05) is 24.0 Å². The Morgan fingerprint density at radius 2 is 1.60 bits per heavy atom. The molecule has 1 amide bonds. The normalized spacial score (nSPS) is 11.8. The second-order valence-electron chi connectivity index (χ2n) is 10.0. The van der Waals surface area contributed by atoms with Crippen LogP contribution in [0.25, 0.3) is 10.9 Å². The average Bonchev–Trinajstić information content (AvgIpc) is 3.26. The predicted molar refractivity (Wildman–Crippen MR) is 157 cm³/mol. The van der Waals surface area contributed by atoms with Crippen LogP contribution in [0.15, 0.2) is 102 Å². The van der Waals surface area contributed by atoms with Gasteiger partial charge in [0.05, 0.1) is 28.9 Å². The summed E-state index contributed by atoms with van der Waals surface area (Å²) in [5, 5.41) is 14.5. The lowest BCUT2D eigenvalue weighted by Gasteiger charge is -2.11. The van der Waals surface area contributed by atoms with Gasteiger partial charge in [0.2, 0.25) is 5.91 Å². The van der Waals surface area contributed by atoms with E-state index in [9.17, 15) is 14.3 Å². The van der Waals surface area contributed by atoms with E-state index in [0.717, 1.165) is 34.5 Å². The van der Waals surface area contributed by atoms with Crippen molar-refractivity contribution >= 4 is 28.2 Å². The molecule has 5 aromatic rings. The maximum Gasteiger partial charge on any atom is 0.224 e. The number of aromatic hydroxyl groups is 1. The van der Waals surface area contributed by atoms with Gasteiger partial charge in [0.15, 0.2) is 5.88 Å². The smallest absolute Gasteiger partial charge is 0.224 e. The molecule has 0 spiro atoms. The van der Waals surface area contributed by atoms with Crippen LogP contribution in [-0.4, -0.2) is 40.7 Å². The summed E-state index contributed by atoms with van der Waals surface area (Å²) < 4.78 is 13.9. The summed E-state index contributed by atoms with van der Waals surface area (Å²) in [6.45, 7) is 1.21. The van der Waals surface area contributed by atoms with E-state index in [0.29, 0.717) is 35.1 Å². The highest BCUT2D eigenvalue weighted by molar-refractivity contribution is 6.21. The quantitative estimate of drug-likeness (QED) is 0.200. The first-order chi connectivity index (χ1) is 19.4. The van der Waals surface area contributed by atoms with Crippen molar-refractivity contribution in [3.63, 3.8) is 0 Å². The summed E-state index contributed by atoms with van der Waals surface area (Å²) in [6.07, 6.45) is 0.323. The number of amides is 1. The summed E-state index contributed by atoms with van der Waals surface area (Å²) in [4.78, 5) is 22.3. The Hall–Kier alpha value is -4.75. The SMILES string of the molecule is CN(C)Cc1ccc(N=C(c2ccc(CNC(=O)Cc3ccccc3)cc2)c2c(O)[nH]c3cc(F)ccc23)cc1. The topological polar surface area (TPSA) is 80.7 Å². The van der Waals surface area contributed by atoms with Crippen LogP contribution < -0.4 is 5.32 Å². The van der Waals surface area contributed by atoms with Crippen LogP contribution in [0, 0.1) is 5.82 Å². The van der Waals surface area contributed by atoms with Gasteiger partial charge in [-0.2, -0.15) is 0 Å². The Morgan fingerprint density at radius 1 is 0.900 bits per heavy atom. The Morgan fingerprint density at radius 3 is 2.30 bits per heavy atom. The highest BCUT2D eigenvalue weighted by atomic mass is 19.1. The van der Waals surface area contributed by atoms with Crippen molar-refractivity contribution in [1.82, 2.24) is 15.2 Å². The van der Waals surface area contributed by atoms with E-state index in [1.165, 1.54) is 12.1 Å². The first-order valence-electron chi connectivity index (χ1n) is 13.1. The van der Waals surface area contributed by atoms with E-state index in [2.05, 4.69) is 15.2 Å². The molecule has 0 aliphatic rings. The molecule has 3 N–H and O–H groups in total. The number of halogens is 1. The number of hydrogen-bond acceptors (Lipinski definition) is 4. The highest BCUT2D eigenvalue weighted by Gasteiger charge is 2.19. The summed E-state index contributed by atoms with van der Waals surface area (Å²) in [5.74, 6) is -0.527. The minimum absolute atomic E-state index is 0.0498. The molecule has 7 heteroatoms. The van der Waals surface area contributed by atoms with Gasteiger partial charge >= 0.3 is 0 Å². The summed E-state index contributed by atoms with van der Waals surface area (Å²) in [7, 11) is 4.04. The number of aliphatic imine (C=N–C) groups is 1. The molecule has 0 saturated heterocycles. The van der Waals surface area contributed by atoms with Gasteiger partial charge in [0.25, 0.3) is 0 Å². The fraction of sp³-hybridized carbons (Fsp3) is 0.152. The highest BCUT2D eigenvalue weighted by Crippen LogP contribution is 2.32. The van der Waals surface area contributed by atoms with Crippen molar-refractivity contribution in [2.75, 3.05) is 14.1 Å². The fourth-order valence-electron chi connectivity index (χ4n) is 4.66. The fourth-order valence-corrected chi connectivity index (χ4v) is 4.66. The van der Waals surface area contributed by atoms with Crippen LogP contribution in [0.3, 0.4) is 0 Å². The summed E-state index contributed by atoms with van der Waals surface area (Å²) in [5.41, 5.74) is 6.09. The molecule has 4 aromatic carbocycles. The Bertz CT molecular complexity index is 1640. The molecule has 0 aliphatic carbocycles. The Labute approximate surface area is 232 Å². The maximum atomic E-state index is 13.9. The molecule has 0 unspecified atom stereocenters. The molecule has 5 rings (SSSR count). The minimum atomic E-state index is -0.395. The maximum absolute atomic E-state index is 13.9. The monoisotopic (exact) mass is 534 g/mol. The number of aromatic nitrogens is 1. The molecule has 0 atom stereocenters. The predicted octanol–water partition coefficient (Wildman–Crippen LogP) is 6.10. The molecule has 0 aliphatic heterocycles. The first kappa shape index (κ1) is 26.8. The molecule has 1 heterocycles. The molecular weight excluding hydrogens is 503 g/mol. The number of carbonyl (C=O) groups excluding carboxylic acids is 1. The zero-order chi connectivity index (χ0) is 28.1. The molecule has 0 fully saturated rings. The van der Waals surface area contributed by atoms with Gasteiger partial charge < -0.3 is 20.3 Å². The number of rotatable bonds is 9. The van der Waals surface area contributed by atoms with Crippen molar-refractivity contribution in [3.8, 4) is 5.88 Å². The number of carbonyl (C=O) groups is 1. The number of H-pyrrole nitrogens is 1. The molecule has 0 radical (unpaired) electrons. The van der Waals surface area contributed by atoms with Crippen molar-refractivity contribution in [2.24, 2.45) is 4.99 Å². The number of aromatic amines is 1. The number of nitrogens with one attached hydrogen (secondary N) is 2. The molecule has 202 valence electrons. The Kier molecular flexibility index (Phi) is 8.03. The third-order valence-electron chi connectivity index (χ3n) is 6.58. The van der Waals surface area contributed by atoms with E-state index in [-0.39, 0.29) is 11.8 Å². The zero-order valence-corrected chi connectivity index (χ0v) is 22.5. The molecule has 6 nitrogen and oxygen atoms in total. The molecule has 0 bridgehead atoms. The van der Waals surface area contributed by atoms with Crippen molar-refractivity contribution in [3.05, 3.63) is 131 Å². The largest absolute Gasteiger partial charge is 0.494 e.